The number of carbonyl (C=O) groups excluding carboxylic acids is 1. The van der Waals surface area contributed by atoms with Gasteiger partial charge in [-0.25, -0.2) is 13.1 Å². The molecule has 2 N–H and O–H groups in total. The van der Waals surface area contributed by atoms with Gasteiger partial charge in [0.05, 0.1) is 11.5 Å². The van der Waals surface area contributed by atoms with Gasteiger partial charge in [-0.2, -0.15) is 0 Å². The van der Waals surface area contributed by atoms with Gasteiger partial charge in [0.15, 0.2) is 0 Å². The maximum atomic E-state index is 12.6. The number of aryl methyl sites for hydroxylation is 1. The van der Waals surface area contributed by atoms with Gasteiger partial charge in [-0.1, -0.05) is 0 Å². The molecule has 1 saturated heterocycles. The highest BCUT2D eigenvalue weighted by Crippen LogP contribution is 2.21. The fraction of sp³-hybridized carbons (Fsp3) is 0.611. The van der Waals surface area contributed by atoms with Gasteiger partial charge in [-0.15, -0.1) is 0 Å². The fourth-order valence-corrected chi connectivity index (χ4v) is 4.51. The lowest BCUT2D eigenvalue weighted by Gasteiger charge is -2.31. The maximum Gasteiger partial charge on any atom is 0.240 e. The average molecular weight is 384 g/mol. The summed E-state index contributed by atoms with van der Waals surface area (Å²) in [6.45, 7) is 7.20. The van der Waals surface area contributed by atoms with Gasteiger partial charge in [0, 0.05) is 32.8 Å². The lowest BCUT2D eigenvalue weighted by atomic mass is 9.97. The van der Waals surface area contributed by atoms with E-state index in [0.717, 1.165) is 39.1 Å². The Bertz CT molecular complexity index is 713. The van der Waals surface area contributed by atoms with Gasteiger partial charge in [0.1, 0.15) is 0 Å². The molecule has 0 aliphatic carbocycles. The number of sulfonamides is 1. The second kappa shape index (κ2) is 9.45. The Kier molecular flexibility index (Phi) is 7.57. The molecule has 1 amide bonds. The molecule has 1 aromatic carbocycles. The van der Waals surface area contributed by atoms with Gasteiger partial charge in [0.2, 0.25) is 15.9 Å². The molecule has 0 atom stereocenters. The predicted molar refractivity (Wildman–Crippen MR) is 102 cm³/mol. The van der Waals surface area contributed by atoms with Gasteiger partial charge in [0.25, 0.3) is 0 Å². The molecule has 0 saturated carbocycles. The largest absolute Gasteiger partial charge is 0.383 e. The van der Waals surface area contributed by atoms with Crippen LogP contribution in [0.15, 0.2) is 23.1 Å². The van der Waals surface area contributed by atoms with Crippen LogP contribution in [0.2, 0.25) is 0 Å². The van der Waals surface area contributed by atoms with Crippen LogP contribution in [-0.2, 0) is 19.6 Å². The summed E-state index contributed by atoms with van der Waals surface area (Å²) in [6, 6.07) is 4.82. The van der Waals surface area contributed by atoms with E-state index in [9.17, 15) is 13.2 Å². The molecule has 0 aromatic heterocycles. The Labute approximate surface area is 156 Å². The number of amides is 1. The van der Waals surface area contributed by atoms with Crippen molar-refractivity contribution >= 4 is 21.6 Å². The molecule has 1 heterocycles. The summed E-state index contributed by atoms with van der Waals surface area (Å²) in [6.07, 6.45) is 1.96. The summed E-state index contributed by atoms with van der Waals surface area (Å²) in [5, 5.41) is 2.66. The summed E-state index contributed by atoms with van der Waals surface area (Å²) in [5.41, 5.74) is 1.20. The molecule has 1 fully saturated rings. The van der Waals surface area contributed by atoms with E-state index in [-0.39, 0.29) is 10.8 Å². The van der Waals surface area contributed by atoms with E-state index in [1.807, 2.05) is 0 Å². The van der Waals surface area contributed by atoms with Crippen LogP contribution in [0.3, 0.4) is 0 Å². The first-order valence-corrected chi connectivity index (χ1v) is 10.4. The molecule has 0 spiro atoms. The van der Waals surface area contributed by atoms with Crippen molar-refractivity contribution < 1.29 is 17.9 Å². The average Bonchev–Trinajstić information content (AvgIpc) is 2.58. The fourth-order valence-electron chi connectivity index (χ4n) is 3.17. The van der Waals surface area contributed by atoms with Crippen molar-refractivity contribution in [1.82, 2.24) is 9.62 Å². The molecule has 1 aliphatic heterocycles. The van der Waals surface area contributed by atoms with Crippen molar-refractivity contribution in [2.24, 2.45) is 5.92 Å². The Morgan fingerprint density at radius 1 is 1.31 bits per heavy atom. The van der Waals surface area contributed by atoms with Crippen LogP contribution < -0.4 is 10.0 Å². The zero-order valence-corrected chi connectivity index (χ0v) is 16.6. The van der Waals surface area contributed by atoms with E-state index in [2.05, 4.69) is 14.9 Å². The third kappa shape index (κ3) is 6.05. The van der Waals surface area contributed by atoms with E-state index < -0.39 is 10.0 Å². The van der Waals surface area contributed by atoms with Gasteiger partial charge in [-0.05, 0) is 62.5 Å². The van der Waals surface area contributed by atoms with Crippen molar-refractivity contribution in [2.75, 3.05) is 45.2 Å². The Hall–Kier alpha value is -1.48. The van der Waals surface area contributed by atoms with Crippen LogP contribution in [0.4, 0.5) is 5.69 Å². The number of piperidine rings is 1. The van der Waals surface area contributed by atoms with Gasteiger partial charge >= 0.3 is 0 Å². The minimum Gasteiger partial charge on any atom is -0.383 e. The molecule has 0 radical (unpaired) electrons. The molecule has 7 nitrogen and oxygen atoms in total. The Morgan fingerprint density at radius 2 is 2.00 bits per heavy atom. The molecule has 1 aromatic rings. The number of benzene rings is 1. The zero-order valence-electron chi connectivity index (χ0n) is 15.7. The highest BCUT2D eigenvalue weighted by atomic mass is 32.2. The molecule has 0 unspecified atom stereocenters. The highest BCUT2D eigenvalue weighted by molar-refractivity contribution is 7.89. The molecule has 2 rings (SSSR count). The second-order valence-electron chi connectivity index (χ2n) is 6.79. The number of nitrogens with zero attached hydrogens (tertiary/aromatic N) is 1. The van der Waals surface area contributed by atoms with Crippen LogP contribution >= 0.6 is 0 Å². The number of carbonyl (C=O) groups is 1. The van der Waals surface area contributed by atoms with E-state index in [0.29, 0.717) is 23.7 Å². The number of hydrogen-bond acceptors (Lipinski definition) is 5. The standard InChI is InChI=1S/C18H29N3O4S/c1-14-12-17(20-15(2)22)4-5-18(14)26(23,24)19-13-16-6-8-21(9-7-16)10-11-25-3/h4-5,12,16,19H,6-11,13H2,1-3H3,(H,20,22). The molecular formula is C18H29N3O4S. The minimum absolute atomic E-state index is 0.185. The summed E-state index contributed by atoms with van der Waals surface area (Å²) in [4.78, 5) is 13.7. The van der Waals surface area contributed by atoms with Crippen molar-refractivity contribution in [3.8, 4) is 0 Å². The molecule has 26 heavy (non-hydrogen) atoms. The number of ether oxygens (including phenoxy) is 1. The summed E-state index contributed by atoms with van der Waals surface area (Å²) < 4.78 is 33.1. The number of likely N-dealkylation sites (tertiary alicyclic amines) is 1. The first-order valence-electron chi connectivity index (χ1n) is 8.91. The van der Waals surface area contributed by atoms with Crippen molar-refractivity contribution in [3.05, 3.63) is 23.8 Å². The highest BCUT2D eigenvalue weighted by Gasteiger charge is 2.22. The van der Waals surface area contributed by atoms with Crippen molar-refractivity contribution in [2.45, 2.75) is 31.6 Å². The second-order valence-corrected chi connectivity index (χ2v) is 8.53. The van der Waals surface area contributed by atoms with Crippen LogP contribution in [-0.4, -0.2) is 59.1 Å². The minimum atomic E-state index is -3.56. The lowest BCUT2D eigenvalue weighted by Crippen LogP contribution is -2.39. The Balaban J connectivity index is 1.90. The third-order valence-corrected chi connectivity index (χ3v) is 6.25. The number of rotatable bonds is 8. The summed E-state index contributed by atoms with van der Waals surface area (Å²) in [7, 11) is -1.86. The molecular weight excluding hydrogens is 354 g/mol. The number of nitrogens with one attached hydrogen (secondary N) is 2. The lowest BCUT2D eigenvalue weighted by molar-refractivity contribution is -0.114. The normalized spacial score (nSPS) is 16.6. The molecule has 1 aliphatic rings. The number of methoxy groups -OCH3 is 1. The quantitative estimate of drug-likeness (QED) is 0.712. The van der Waals surface area contributed by atoms with E-state index >= 15 is 0 Å². The van der Waals surface area contributed by atoms with Gasteiger partial charge in [-0.3, -0.25) is 4.79 Å². The monoisotopic (exact) mass is 383 g/mol. The van der Waals surface area contributed by atoms with Crippen LogP contribution in [0.25, 0.3) is 0 Å². The zero-order chi connectivity index (χ0) is 19.2. The third-order valence-electron chi connectivity index (χ3n) is 4.67. The molecule has 146 valence electrons. The van der Waals surface area contributed by atoms with Gasteiger partial charge < -0.3 is 15.0 Å². The maximum absolute atomic E-state index is 12.6. The van der Waals surface area contributed by atoms with Crippen LogP contribution in [0, 0.1) is 12.8 Å². The van der Waals surface area contributed by atoms with Crippen molar-refractivity contribution in [3.63, 3.8) is 0 Å². The van der Waals surface area contributed by atoms with Crippen LogP contribution in [0.1, 0.15) is 25.3 Å². The SMILES string of the molecule is COCCN1CCC(CNS(=O)(=O)c2ccc(NC(C)=O)cc2C)CC1. The number of hydrogen-bond donors (Lipinski definition) is 2. The summed E-state index contributed by atoms with van der Waals surface area (Å²) in [5.74, 6) is 0.164. The topological polar surface area (TPSA) is 87.7 Å². The van der Waals surface area contributed by atoms with Crippen molar-refractivity contribution in [1.29, 1.82) is 0 Å². The van der Waals surface area contributed by atoms with E-state index in [1.54, 1.807) is 26.2 Å². The first-order chi connectivity index (χ1) is 12.3. The van der Waals surface area contributed by atoms with Crippen LogP contribution in [0.5, 0.6) is 0 Å². The predicted octanol–water partition coefficient (Wildman–Crippen LogP) is 1.59. The number of anilines is 1. The molecule has 8 heteroatoms. The summed E-state index contributed by atoms with van der Waals surface area (Å²) >= 11 is 0. The Morgan fingerprint density at radius 3 is 2.58 bits per heavy atom. The van der Waals surface area contributed by atoms with E-state index in [1.165, 1.54) is 13.0 Å². The smallest absolute Gasteiger partial charge is 0.240 e. The molecule has 0 bridgehead atoms. The first kappa shape index (κ1) is 20.8. The van der Waals surface area contributed by atoms with E-state index in [4.69, 9.17) is 4.74 Å².